The Morgan fingerprint density at radius 3 is 2.62 bits per heavy atom. The van der Waals surface area contributed by atoms with Gasteiger partial charge in [-0.3, -0.25) is 4.79 Å². The second-order valence-electron chi connectivity index (χ2n) is 5.76. The van der Waals surface area contributed by atoms with Crippen molar-refractivity contribution in [2.24, 2.45) is 0 Å². The molecule has 118 valence electrons. The lowest BCUT2D eigenvalue weighted by molar-refractivity contribution is 0.235. The largest absolute Gasteiger partial charge is 0.336 e. The number of amides is 2. The zero-order chi connectivity index (χ0) is 16.0. The average Bonchev–Trinajstić information content (AvgIpc) is 2.34. The van der Waals surface area contributed by atoms with Gasteiger partial charge in [0.05, 0.1) is 6.54 Å². The van der Waals surface area contributed by atoms with E-state index in [1.807, 2.05) is 40.9 Å². The molecule has 6 nitrogen and oxygen atoms in total. The topological polar surface area (TPSA) is 77.2 Å². The molecule has 0 radical (unpaired) electrons. The highest BCUT2D eigenvalue weighted by Crippen LogP contribution is 2.03. The number of carbonyl (C=O) groups excluding carboxylic acids is 1. The number of pyridine rings is 1. The number of hydrogen-bond donors (Lipinski definition) is 3. The quantitative estimate of drug-likeness (QED) is 0.736. The van der Waals surface area contributed by atoms with Crippen molar-refractivity contribution in [1.29, 1.82) is 0 Å². The molecule has 0 fully saturated rings. The Morgan fingerprint density at radius 1 is 1.38 bits per heavy atom. The van der Waals surface area contributed by atoms with Gasteiger partial charge in [-0.15, -0.1) is 0 Å². The summed E-state index contributed by atoms with van der Waals surface area (Å²) in [5.74, 6) is 0. The molecule has 0 saturated heterocycles. The van der Waals surface area contributed by atoms with Crippen LogP contribution in [0.25, 0.3) is 0 Å². The molecular formula is C15H26N4O2. The van der Waals surface area contributed by atoms with Gasteiger partial charge in [0.1, 0.15) is 0 Å². The van der Waals surface area contributed by atoms with E-state index in [1.165, 1.54) is 0 Å². The number of nitrogens with one attached hydrogen (secondary N) is 3. The molecule has 21 heavy (non-hydrogen) atoms. The summed E-state index contributed by atoms with van der Waals surface area (Å²) in [6.07, 6.45) is 0.880. The van der Waals surface area contributed by atoms with Crippen molar-refractivity contribution in [2.75, 3.05) is 20.6 Å². The van der Waals surface area contributed by atoms with E-state index < -0.39 is 0 Å². The molecule has 0 aromatic carbocycles. The molecule has 1 rings (SSSR count). The standard InChI is InChI=1S/C15H26N4O2/c1-10-8-12(3)17-14(20)13(10)9-16-15(21)18-11(2)6-7-19(4)5/h8,11H,6-7,9H2,1-5H3,(H,17,20)(H2,16,18,21). The zero-order valence-electron chi connectivity index (χ0n) is 13.5. The second kappa shape index (κ2) is 7.83. The Kier molecular flexibility index (Phi) is 6.42. The number of carbonyl (C=O) groups is 1. The number of aryl methyl sites for hydroxylation is 2. The van der Waals surface area contributed by atoms with Gasteiger partial charge in [-0.2, -0.15) is 0 Å². The number of hydrogen-bond acceptors (Lipinski definition) is 3. The molecular weight excluding hydrogens is 268 g/mol. The van der Waals surface area contributed by atoms with E-state index in [4.69, 9.17) is 0 Å². The van der Waals surface area contributed by atoms with Crippen LogP contribution < -0.4 is 16.2 Å². The zero-order valence-corrected chi connectivity index (χ0v) is 13.5. The molecule has 2 amide bonds. The van der Waals surface area contributed by atoms with Crippen molar-refractivity contribution in [3.63, 3.8) is 0 Å². The SMILES string of the molecule is Cc1cc(C)c(CNC(=O)NC(C)CCN(C)C)c(=O)[nH]1. The van der Waals surface area contributed by atoms with E-state index >= 15 is 0 Å². The van der Waals surface area contributed by atoms with Gasteiger partial charge in [0.15, 0.2) is 0 Å². The summed E-state index contributed by atoms with van der Waals surface area (Å²) in [5, 5.41) is 5.60. The first-order chi connectivity index (χ1) is 9.79. The molecule has 1 unspecified atom stereocenters. The highest BCUT2D eigenvalue weighted by atomic mass is 16.2. The van der Waals surface area contributed by atoms with Crippen molar-refractivity contribution in [3.8, 4) is 0 Å². The first-order valence-corrected chi connectivity index (χ1v) is 7.18. The summed E-state index contributed by atoms with van der Waals surface area (Å²) in [6, 6.07) is 1.74. The third-order valence-corrected chi connectivity index (χ3v) is 3.31. The van der Waals surface area contributed by atoms with Gasteiger partial charge in [0.25, 0.3) is 5.56 Å². The fourth-order valence-corrected chi connectivity index (χ4v) is 2.07. The maximum Gasteiger partial charge on any atom is 0.315 e. The minimum Gasteiger partial charge on any atom is -0.336 e. The van der Waals surface area contributed by atoms with Gasteiger partial charge < -0.3 is 20.5 Å². The molecule has 1 aromatic heterocycles. The number of urea groups is 1. The average molecular weight is 294 g/mol. The van der Waals surface area contributed by atoms with Gasteiger partial charge in [0, 0.05) is 17.3 Å². The highest BCUT2D eigenvalue weighted by molar-refractivity contribution is 5.74. The van der Waals surface area contributed by atoms with Crippen LogP contribution in [0.3, 0.4) is 0 Å². The third-order valence-electron chi connectivity index (χ3n) is 3.31. The molecule has 1 aromatic rings. The van der Waals surface area contributed by atoms with E-state index in [-0.39, 0.29) is 24.2 Å². The van der Waals surface area contributed by atoms with Crippen molar-refractivity contribution in [3.05, 3.63) is 33.2 Å². The Bertz CT molecular complexity index is 537. The second-order valence-corrected chi connectivity index (χ2v) is 5.76. The predicted molar refractivity (Wildman–Crippen MR) is 84.5 cm³/mol. The van der Waals surface area contributed by atoms with Crippen molar-refractivity contribution in [2.45, 2.75) is 39.8 Å². The van der Waals surface area contributed by atoms with Crippen LogP contribution in [0.5, 0.6) is 0 Å². The van der Waals surface area contributed by atoms with Crippen LogP contribution in [-0.2, 0) is 6.54 Å². The van der Waals surface area contributed by atoms with E-state index in [9.17, 15) is 9.59 Å². The minimum atomic E-state index is -0.249. The Balaban J connectivity index is 2.48. The maximum atomic E-state index is 11.8. The molecule has 0 spiro atoms. The van der Waals surface area contributed by atoms with Gasteiger partial charge in [-0.1, -0.05) is 0 Å². The van der Waals surface area contributed by atoms with E-state index in [0.29, 0.717) is 5.56 Å². The van der Waals surface area contributed by atoms with E-state index in [2.05, 4.69) is 20.5 Å². The monoisotopic (exact) mass is 294 g/mol. The van der Waals surface area contributed by atoms with Crippen LogP contribution in [0.2, 0.25) is 0 Å². The lowest BCUT2D eigenvalue weighted by Gasteiger charge is -2.17. The normalized spacial score (nSPS) is 12.3. The molecule has 3 N–H and O–H groups in total. The summed E-state index contributed by atoms with van der Waals surface area (Å²) in [7, 11) is 4.00. The first kappa shape index (κ1) is 17.2. The van der Waals surface area contributed by atoms with E-state index in [0.717, 1.165) is 24.2 Å². The van der Waals surface area contributed by atoms with Gasteiger partial charge in [-0.05, 0) is 59.5 Å². The lowest BCUT2D eigenvalue weighted by atomic mass is 10.1. The number of aromatic nitrogens is 1. The molecule has 0 aliphatic carbocycles. The molecule has 6 heteroatoms. The first-order valence-electron chi connectivity index (χ1n) is 7.18. The van der Waals surface area contributed by atoms with Crippen LogP contribution in [0.1, 0.15) is 30.2 Å². The van der Waals surface area contributed by atoms with Gasteiger partial charge in [0.2, 0.25) is 0 Å². The Hall–Kier alpha value is -1.82. The number of nitrogens with zero attached hydrogens (tertiary/aromatic N) is 1. The number of aromatic amines is 1. The van der Waals surface area contributed by atoms with Crippen molar-refractivity contribution < 1.29 is 4.79 Å². The van der Waals surface area contributed by atoms with Crippen LogP contribution in [-0.4, -0.2) is 42.6 Å². The molecule has 1 atom stereocenters. The summed E-state index contributed by atoms with van der Waals surface area (Å²) < 4.78 is 0. The Labute approximate surface area is 125 Å². The van der Waals surface area contributed by atoms with Crippen LogP contribution in [0.4, 0.5) is 4.79 Å². The summed E-state index contributed by atoms with van der Waals surface area (Å²) >= 11 is 0. The van der Waals surface area contributed by atoms with E-state index in [1.54, 1.807) is 0 Å². The smallest absolute Gasteiger partial charge is 0.315 e. The maximum absolute atomic E-state index is 11.8. The number of rotatable bonds is 6. The van der Waals surface area contributed by atoms with Crippen LogP contribution >= 0.6 is 0 Å². The van der Waals surface area contributed by atoms with Gasteiger partial charge >= 0.3 is 6.03 Å². The number of H-pyrrole nitrogens is 1. The molecule has 0 bridgehead atoms. The van der Waals surface area contributed by atoms with Crippen molar-refractivity contribution >= 4 is 6.03 Å². The molecule has 0 aliphatic rings. The lowest BCUT2D eigenvalue weighted by Crippen LogP contribution is -2.42. The van der Waals surface area contributed by atoms with Crippen LogP contribution in [0.15, 0.2) is 10.9 Å². The minimum absolute atomic E-state index is 0.0878. The summed E-state index contributed by atoms with van der Waals surface area (Å²) in [4.78, 5) is 28.5. The summed E-state index contributed by atoms with van der Waals surface area (Å²) in [5.41, 5.74) is 2.16. The van der Waals surface area contributed by atoms with Crippen LogP contribution in [0, 0.1) is 13.8 Å². The van der Waals surface area contributed by atoms with Gasteiger partial charge in [-0.25, -0.2) is 4.79 Å². The molecule has 1 heterocycles. The molecule has 0 saturated carbocycles. The highest BCUT2D eigenvalue weighted by Gasteiger charge is 2.10. The fourth-order valence-electron chi connectivity index (χ4n) is 2.07. The van der Waals surface area contributed by atoms with Crippen molar-refractivity contribution in [1.82, 2.24) is 20.5 Å². The summed E-state index contributed by atoms with van der Waals surface area (Å²) in [6.45, 7) is 6.82. The Morgan fingerprint density at radius 2 is 2.05 bits per heavy atom. The fraction of sp³-hybridized carbons (Fsp3) is 0.600. The molecule has 0 aliphatic heterocycles. The third kappa shape index (κ3) is 5.99. The predicted octanol–water partition coefficient (Wildman–Crippen LogP) is 1.13.